The van der Waals surface area contributed by atoms with Gasteiger partial charge in [0, 0.05) is 19.7 Å². The maximum atomic E-state index is 11.8. The van der Waals surface area contributed by atoms with Gasteiger partial charge in [-0.05, 0) is 6.92 Å². The second-order valence-corrected chi connectivity index (χ2v) is 3.60. The number of amides is 2. The topological polar surface area (TPSA) is 79.3 Å². The zero-order valence-corrected chi connectivity index (χ0v) is 9.92. The number of rotatable bonds is 5. The van der Waals surface area contributed by atoms with Crippen molar-refractivity contribution in [1.82, 2.24) is 9.80 Å². The molecule has 0 radical (unpaired) electrons. The van der Waals surface area contributed by atoms with Gasteiger partial charge in [0.05, 0.1) is 13.2 Å². The lowest BCUT2D eigenvalue weighted by molar-refractivity contribution is -0.137. The summed E-state index contributed by atoms with van der Waals surface area (Å²) < 4.78 is 10.1. The van der Waals surface area contributed by atoms with E-state index >= 15 is 0 Å². The van der Waals surface area contributed by atoms with E-state index < -0.39 is 6.09 Å². The Labute approximate surface area is 99.9 Å². The molecule has 0 saturated carbocycles. The number of carbonyl (C=O) groups excluding carboxylic acids is 1. The van der Waals surface area contributed by atoms with E-state index in [1.807, 2.05) is 0 Å². The van der Waals surface area contributed by atoms with Crippen molar-refractivity contribution in [3.8, 4) is 0 Å². The van der Waals surface area contributed by atoms with Crippen LogP contribution in [0.4, 0.5) is 4.79 Å². The van der Waals surface area contributed by atoms with Crippen LogP contribution in [0.2, 0.25) is 0 Å². The first-order valence-electron chi connectivity index (χ1n) is 5.56. The monoisotopic (exact) mass is 246 g/mol. The quantitative estimate of drug-likeness (QED) is 0.681. The minimum atomic E-state index is -1.15. The summed E-state index contributed by atoms with van der Waals surface area (Å²) >= 11 is 0. The summed E-state index contributed by atoms with van der Waals surface area (Å²) in [5.41, 5.74) is 0. The molecule has 7 heteroatoms. The minimum absolute atomic E-state index is 0.0814. The average Bonchev–Trinajstić information content (AvgIpc) is 2.35. The van der Waals surface area contributed by atoms with Crippen LogP contribution in [0.5, 0.6) is 0 Å². The van der Waals surface area contributed by atoms with Crippen molar-refractivity contribution in [2.75, 3.05) is 46.2 Å². The van der Waals surface area contributed by atoms with Gasteiger partial charge in [-0.1, -0.05) is 0 Å². The normalized spacial score (nSPS) is 15.7. The molecule has 0 spiro atoms. The van der Waals surface area contributed by atoms with Gasteiger partial charge in [-0.25, -0.2) is 4.79 Å². The number of nitrogens with zero attached hydrogens (tertiary/aromatic N) is 2. The highest BCUT2D eigenvalue weighted by Crippen LogP contribution is 2.00. The number of morpholine rings is 1. The van der Waals surface area contributed by atoms with Crippen molar-refractivity contribution < 1.29 is 24.2 Å². The third kappa shape index (κ3) is 4.58. The van der Waals surface area contributed by atoms with Gasteiger partial charge < -0.3 is 19.5 Å². The van der Waals surface area contributed by atoms with Crippen LogP contribution in [-0.4, -0.2) is 73.1 Å². The summed E-state index contributed by atoms with van der Waals surface area (Å²) in [6, 6.07) is 0. The molecular weight excluding hydrogens is 228 g/mol. The molecule has 1 N–H and O–H groups in total. The third-order valence-electron chi connectivity index (χ3n) is 2.41. The van der Waals surface area contributed by atoms with Crippen molar-refractivity contribution in [2.24, 2.45) is 0 Å². The van der Waals surface area contributed by atoms with Crippen molar-refractivity contribution in [2.45, 2.75) is 6.92 Å². The molecule has 0 aromatic heterocycles. The molecule has 17 heavy (non-hydrogen) atoms. The number of hydrogen-bond donors (Lipinski definition) is 1. The Kier molecular flexibility index (Phi) is 5.71. The van der Waals surface area contributed by atoms with Crippen molar-refractivity contribution in [1.29, 1.82) is 0 Å². The fraction of sp³-hybridized carbons (Fsp3) is 0.800. The predicted octanol–water partition coefficient (Wildman–Crippen LogP) is -0.181. The number of hydrogen-bond acceptors (Lipinski definition) is 4. The molecule has 1 aliphatic rings. The fourth-order valence-corrected chi connectivity index (χ4v) is 1.45. The minimum Gasteiger partial charge on any atom is -0.465 e. The van der Waals surface area contributed by atoms with Gasteiger partial charge in [0.2, 0.25) is 5.91 Å². The molecule has 98 valence electrons. The van der Waals surface area contributed by atoms with Gasteiger partial charge in [0.25, 0.3) is 0 Å². The van der Waals surface area contributed by atoms with E-state index in [0.29, 0.717) is 32.9 Å². The zero-order chi connectivity index (χ0) is 12.7. The van der Waals surface area contributed by atoms with E-state index in [0.717, 1.165) is 4.90 Å². The fourth-order valence-electron chi connectivity index (χ4n) is 1.45. The van der Waals surface area contributed by atoms with Crippen LogP contribution in [0.3, 0.4) is 0 Å². The summed E-state index contributed by atoms with van der Waals surface area (Å²) in [5.74, 6) is -0.213. The van der Waals surface area contributed by atoms with Crippen LogP contribution >= 0.6 is 0 Å². The predicted molar refractivity (Wildman–Crippen MR) is 58.6 cm³/mol. The second-order valence-electron chi connectivity index (χ2n) is 3.60. The molecule has 1 aliphatic heterocycles. The lowest BCUT2D eigenvalue weighted by Crippen LogP contribution is -2.47. The van der Waals surface area contributed by atoms with E-state index in [9.17, 15) is 9.59 Å². The SMILES string of the molecule is CCOCN(CC(=O)N1CCOCC1)C(=O)O. The summed E-state index contributed by atoms with van der Waals surface area (Å²) in [5, 5.41) is 8.90. The smallest absolute Gasteiger partial charge is 0.409 e. The summed E-state index contributed by atoms with van der Waals surface area (Å²) in [7, 11) is 0. The standard InChI is InChI=1S/C10H18N2O5/c1-2-16-8-12(10(14)15)7-9(13)11-3-5-17-6-4-11/h2-8H2,1H3,(H,14,15). The third-order valence-corrected chi connectivity index (χ3v) is 2.41. The van der Waals surface area contributed by atoms with Gasteiger partial charge in [-0.2, -0.15) is 0 Å². The number of carbonyl (C=O) groups is 2. The second kappa shape index (κ2) is 7.08. The average molecular weight is 246 g/mol. The lowest BCUT2D eigenvalue weighted by atomic mass is 10.4. The van der Waals surface area contributed by atoms with Crippen molar-refractivity contribution >= 4 is 12.0 Å². The van der Waals surface area contributed by atoms with Gasteiger partial charge in [0.1, 0.15) is 13.3 Å². The molecule has 7 nitrogen and oxygen atoms in total. The van der Waals surface area contributed by atoms with Crippen LogP contribution in [0.25, 0.3) is 0 Å². The molecule has 2 amide bonds. The molecule has 1 rings (SSSR count). The van der Waals surface area contributed by atoms with Gasteiger partial charge in [-0.15, -0.1) is 0 Å². The van der Waals surface area contributed by atoms with E-state index in [4.69, 9.17) is 14.6 Å². The zero-order valence-electron chi connectivity index (χ0n) is 9.92. The van der Waals surface area contributed by atoms with Gasteiger partial charge >= 0.3 is 6.09 Å². The Bertz CT molecular complexity index is 265. The van der Waals surface area contributed by atoms with Crippen molar-refractivity contribution in [3.05, 3.63) is 0 Å². The Morgan fingerprint density at radius 1 is 1.41 bits per heavy atom. The van der Waals surface area contributed by atoms with E-state index in [1.165, 1.54) is 0 Å². The maximum absolute atomic E-state index is 11.8. The van der Waals surface area contributed by atoms with E-state index in [1.54, 1.807) is 11.8 Å². The highest BCUT2D eigenvalue weighted by atomic mass is 16.5. The molecule has 0 aliphatic carbocycles. The molecule has 0 aromatic rings. The highest BCUT2D eigenvalue weighted by molar-refractivity contribution is 5.81. The molecule has 0 bridgehead atoms. The Morgan fingerprint density at radius 3 is 2.59 bits per heavy atom. The van der Waals surface area contributed by atoms with Crippen LogP contribution < -0.4 is 0 Å². The summed E-state index contributed by atoms with van der Waals surface area (Å²) in [6.07, 6.45) is -1.15. The molecular formula is C10H18N2O5. The van der Waals surface area contributed by atoms with Crippen LogP contribution in [0.15, 0.2) is 0 Å². The maximum Gasteiger partial charge on any atom is 0.409 e. The summed E-state index contributed by atoms with van der Waals surface area (Å²) in [6.45, 7) is 3.97. The Hall–Kier alpha value is -1.34. The van der Waals surface area contributed by atoms with Crippen molar-refractivity contribution in [3.63, 3.8) is 0 Å². The number of ether oxygens (including phenoxy) is 2. The first-order chi connectivity index (χ1) is 8.15. The highest BCUT2D eigenvalue weighted by Gasteiger charge is 2.22. The first-order valence-corrected chi connectivity index (χ1v) is 5.56. The largest absolute Gasteiger partial charge is 0.465 e. The molecule has 0 atom stereocenters. The molecule has 0 aromatic carbocycles. The summed E-state index contributed by atoms with van der Waals surface area (Å²) in [4.78, 5) is 25.2. The van der Waals surface area contributed by atoms with E-state index in [2.05, 4.69) is 0 Å². The van der Waals surface area contributed by atoms with Crippen LogP contribution in [0.1, 0.15) is 6.92 Å². The Balaban J connectivity index is 2.42. The first kappa shape index (κ1) is 13.7. The van der Waals surface area contributed by atoms with E-state index in [-0.39, 0.29) is 19.2 Å². The van der Waals surface area contributed by atoms with Crippen LogP contribution in [-0.2, 0) is 14.3 Å². The number of carboxylic acid groups (broad SMARTS) is 1. The molecule has 1 heterocycles. The van der Waals surface area contributed by atoms with Gasteiger partial charge in [-0.3, -0.25) is 9.69 Å². The van der Waals surface area contributed by atoms with Gasteiger partial charge in [0.15, 0.2) is 0 Å². The lowest BCUT2D eigenvalue weighted by Gasteiger charge is -2.28. The molecule has 0 unspecified atom stereocenters. The molecule has 1 saturated heterocycles. The Morgan fingerprint density at radius 2 is 2.06 bits per heavy atom. The molecule has 1 fully saturated rings. The van der Waals surface area contributed by atoms with Crippen LogP contribution in [0, 0.1) is 0 Å².